The van der Waals surface area contributed by atoms with E-state index in [2.05, 4.69) is 9.97 Å². The van der Waals surface area contributed by atoms with E-state index in [-0.39, 0.29) is 5.91 Å². The van der Waals surface area contributed by atoms with Crippen molar-refractivity contribution >= 4 is 23.1 Å². The van der Waals surface area contributed by atoms with Gasteiger partial charge in [0.25, 0.3) is 0 Å². The van der Waals surface area contributed by atoms with Crippen LogP contribution >= 0.6 is 0 Å². The topological polar surface area (TPSA) is 72.1 Å². The lowest BCUT2D eigenvalue weighted by Crippen LogP contribution is -2.23. The summed E-state index contributed by atoms with van der Waals surface area (Å²) in [5.74, 6) is 0.611. The Kier molecular flexibility index (Phi) is 2.48. The Balaban J connectivity index is 2.18. The number of nitrogens with two attached hydrogens (primary N) is 1. The molecule has 5 nitrogen and oxygen atoms in total. The fourth-order valence-corrected chi connectivity index (χ4v) is 2.30. The molecule has 0 spiro atoms. The van der Waals surface area contributed by atoms with Gasteiger partial charge < -0.3 is 5.73 Å². The van der Waals surface area contributed by atoms with E-state index in [4.69, 9.17) is 5.73 Å². The zero-order chi connectivity index (χ0) is 13.6. The number of rotatable bonds is 1. The van der Waals surface area contributed by atoms with Crippen LogP contribution in [0.25, 0.3) is 0 Å². The Hall–Kier alpha value is -2.43. The van der Waals surface area contributed by atoms with E-state index in [0.29, 0.717) is 23.6 Å². The van der Waals surface area contributed by atoms with Crippen molar-refractivity contribution in [3.63, 3.8) is 0 Å². The maximum absolute atomic E-state index is 12.2. The summed E-state index contributed by atoms with van der Waals surface area (Å²) in [6.45, 7) is 3.95. The number of amides is 1. The van der Waals surface area contributed by atoms with Gasteiger partial charge in [-0.15, -0.1) is 0 Å². The van der Waals surface area contributed by atoms with Crippen molar-refractivity contribution in [1.29, 1.82) is 0 Å². The molecule has 0 aliphatic carbocycles. The SMILES string of the molecule is Cc1ccc(N2C(=O)Cc3cncnc32)c(N)c1C. The van der Waals surface area contributed by atoms with Crippen LogP contribution in [0.4, 0.5) is 17.2 Å². The van der Waals surface area contributed by atoms with Crippen molar-refractivity contribution in [2.45, 2.75) is 20.3 Å². The highest BCUT2D eigenvalue weighted by Crippen LogP contribution is 2.37. The fraction of sp³-hybridized carbons (Fsp3) is 0.214. The number of benzene rings is 1. The van der Waals surface area contributed by atoms with E-state index < -0.39 is 0 Å². The number of fused-ring (bicyclic) bond motifs is 1. The monoisotopic (exact) mass is 254 g/mol. The van der Waals surface area contributed by atoms with Gasteiger partial charge in [0.05, 0.1) is 17.8 Å². The summed E-state index contributed by atoms with van der Waals surface area (Å²) in [7, 11) is 0. The number of carbonyl (C=O) groups excluding carboxylic acids is 1. The molecule has 0 unspecified atom stereocenters. The van der Waals surface area contributed by atoms with Crippen molar-refractivity contribution in [3.8, 4) is 0 Å². The summed E-state index contributed by atoms with van der Waals surface area (Å²) in [5, 5.41) is 0. The molecule has 0 saturated carbocycles. The summed E-state index contributed by atoms with van der Waals surface area (Å²) < 4.78 is 0. The maximum atomic E-state index is 12.2. The van der Waals surface area contributed by atoms with Crippen LogP contribution < -0.4 is 10.6 Å². The van der Waals surface area contributed by atoms with Gasteiger partial charge in [0.1, 0.15) is 12.1 Å². The van der Waals surface area contributed by atoms with E-state index in [1.807, 2.05) is 26.0 Å². The molecule has 0 fully saturated rings. The highest BCUT2D eigenvalue weighted by molar-refractivity contribution is 6.08. The molecule has 1 aliphatic rings. The molecule has 19 heavy (non-hydrogen) atoms. The number of nitrogens with zero attached hydrogens (tertiary/aromatic N) is 3. The molecule has 3 rings (SSSR count). The normalized spacial score (nSPS) is 13.8. The number of nitrogen functional groups attached to an aromatic ring is 1. The van der Waals surface area contributed by atoms with Crippen LogP contribution in [0, 0.1) is 13.8 Å². The maximum Gasteiger partial charge on any atom is 0.237 e. The fourth-order valence-electron chi connectivity index (χ4n) is 2.30. The third-order valence-electron chi connectivity index (χ3n) is 3.57. The van der Waals surface area contributed by atoms with Gasteiger partial charge in [-0.1, -0.05) is 6.07 Å². The van der Waals surface area contributed by atoms with Crippen LogP contribution in [-0.2, 0) is 11.2 Å². The minimum Gasteiger partial charge on any atom is -0.397 e. The van der Waals surface area contributed by atoms with Crippen LogP contribution in [0.15, 0.2) is 24.7 Å². The average molecular weight is 254 g/mol. The summed E-state index contributed by atoms with van der Waals surface area (Å²) in [6, 6.07) is 3.83. The van der Waals surface area contributed by atoms with E-state index >= 15 is 0 Å². The highest BCUT2D eigenvalue weighted by atomic mass is 16.2. The first kappa shape index (κ1) is 11.6. The number of carbonyl (C=O) groups is 1. The average Bonchev–Trinajstić information content (AvgIpc) is 2.73. The first-order valence-electron chi connectivity index (χ1n) is 6.07. The molecule has 5 heteroatoms. The van der Waals surface area contributed by atoms with E-state index in [1.54, 1.807) is 11.1 Å². The van der Waals surface area contributed by atoms with E-state index in [0.717, 1.165) is 16.7 Å². The largest absolute Gasteiger partial charge is 0.397 e. The van der Waals surface area contributed by atoms with Crippen molar-refractivity contribution in [3.05, 3.63) is 41.3 Å². The Bertz CT molecular complexity index is 681. The third kappa shape index (κ3) is 1.66. The Morgan fingerprint density at radius 1 is 1.32 bits per heavy atom. The van der Waals surface area contributed by atoms with Crippen LogP contribution in [0.5, 0.6) is 0 Å². The lowest BCUT2D eigenvalue weighted by Gasteiger charge is -2.20. The summed E-state index contributed by atoms with van der Waals surface area (Å²) in [4.78, 5) is 21.9. The predicted molar refractivity (Wildman–Crippen MR) is 73.2 cm³/mol. The van der Waals surface area contributed by atoms with Crippen molar-refractivity contribution < 1.29 is 4.79 Å². The molecule has 0 radical (unpaired) electrons. The molecule has 0 saturated heterocycles. The van der Waals surface area contributed by atoms with Gasteiger partial charge in [-0.05, 0) is 31.0 Å². The van der Waals surface area contributed by atoms with Gasteiger partial charge in [0.15, 0.2) is 0 Å². The molecular weight excluding hydrogens is 240 g/mol. The number of aromatic nitrogens is 2. The predicted octanol–water partition coefficient (Wildman–Crippen LogP) is 1.90. The Morgan fingerprint density at radius 2 is 2.11 bits per heavy atom. The first-order valence-corrected chi connectivity index (χ1v) is 6.07. The van der Waals surface area contributed by atoms with Crippen LogP contribution in [-0.4, -0.2) is 15.9 Å². The van der Waals surface area contributed by atoms with E-state index in [1.165, 1.54) is 6.33 Å². The molecule has 2 heterocycles. The van der Waals surface area contributed by atoms with Crippen LogP contribution in [0.1, 0.15) is 16.7 Å². The lowest BCUT2D eigenvalue weighted by atomic mass is 10.1. The summed E-state index contributed by atoms with van der Waals surface area (Å²) in [5.41, 5.74) is 10.4. The lowest BCUT2D eigenvalue weighted by molar-refractivity contribution is -0.116. The number of aryl methyl sites for hydroxylation is 1. The zero-order valence-corrected chi connectivity index (χ0v) is 10.8. The minimum absolute atomic E-state index is 0.0227. The summed E-state index contributed by atoms with van der Waals surface area (Å²) in [6.07, 6.45) is 3.45. The van der Waals surface area contributed by atoms with Gasteiger partial charge in [-0.2, -0.15) is 0 Å². The standard InChI is InChI=1S/C14H14N4O/c1-8-3-4-11(13(15)9(8)2)18-12(19)5-10-6-16-7-17-14(10)18/h3-4,6-7H,5,15H2,1-2H3. The van der Waals surface area contributed by atoms with Gasteiger partial charge in [-0.25, -0.2) is 9.97 Å². The van der Waals surface area contributed by atoms with E-state index in [9.17, 15) is 4.79 Å². The summed E-state index contributed by atoms with van der Waals surface area (Å²) >= 11 is 0. The van der Waals surface area contributed by atoms with Crippen molar-refractivity contribution in [1.82, 2.24) is 9.97 Å². The molecule has 1 aliphatic heterocycles. The molecule has 1 aromatic carbocycles. The molecule has 2 aromatic rings. The second kappa shape index (κ2) is 4.05. The number of hydrogen-bond donors (Lipinski definition) is 1. The molecule has 0 bridgehead atoms. The molecule has 0 atom stereocenters. The van der Waals surface area contributed by atoms with Gasteiger partial charge in [0, 0.05) is 11.8 Å². The van der Waals surface area contributed by atoms with Crippen LogP contribution in [0.3, 0.4) is 0 Å². The minimum atomic E-state index is -0.0227. The number of hydrogen-bond acceptors (Lipinski definition) is 4. The first-order chi connectivity index (χ1) is 9.09. The molecular formula is C14H14N4O. The molecule has 96 valence electrons. The molecule has 2 N–H and O–H groups in total. The molecule has 1 amide bonds. The zero-order valence-electron chi connectivity index (χ0n) is 10.8. The molecule has 1 aromatic heterocycles. The smallest absolute Gasteiger partial charge is 0.237 e. The Morgan fingerprint density at radius 3 is 2.89 bits per heavy atom. The van der Waals surface area contributed by atoms with Gasteiger partial charge in [-0.3, -0.25) is 9.69 Å². The Labute approximate surface area is 111 Å². The van der Waals surface area contributed by atoms with Gasteiger partial charge >= 0.3 is 0 Å². The second-order valence-electron chi connectivity index (χ2n) is 4.72. The van der Waals surface area contributed by atoms with Crippen LogP contribution in [0.2, 0.25) is 0 Å². The number of anilines is 3. The van der Waals surface area contributed by atoms with Gasteiger partial charge in [0.2, 0.25) is 5.91 Å². The van der Waals surface area contributed by atoms with Crippen molar-refractivity contribution in [2.75, 3.05) is 10.6 Å². The third-order valence-corrected chi connectivity index (χ3v) is 3.57. The second-order valence-corrected chi connectivity index (χ2v) is 4.72. The quantitative estimate of drug-likeness (QED) is 0.789. The highest BCUT2D eigenvalue weighted by Gasteiger charge is 2.31. The van der Waals surface area contributed by atoms with Crippen molar-refractivity contribution in [2.24, 2.45) is 0 Å².